The van der Waals surface area contributed by atoms with Gasteiger partial charge in [0.05, 0.1) is 5.56 Å². The zero-order valence-electron chi connectivity index (χ0n) is 14.1. The number of carboxylic acid groups (broad SMARTS) is 1. The lowest BCUT2D eigenvalue weighted by Crippen LogP contribution is -2.20. The summed E-state index contributed by atoms with van der Waals surface area (Å²) in [5, 5.41) is 13.0. The smallest absolute Gasteiger partial charge is 0.355 e. The normalized spacial score (nSPS) is 10.6. The fraction of sp³-hybridized carbons (Fsp3) is 0.294. The van der Waals surface area contributed by atoms with E-state index in [4.69, 9.17) is 11.6 Å². The summed E-state index contributed by atoms with van der Waals surface area (Å²) >= 11 is 7.44. The van der Waals surface area contributed by atoms with Crippen molar-refractivity contribution in [1.29, 1.82) is 0 Å². The van der Waals surface area contributed by atoms with Crippen LogP contribution in [-0.2, 0) is 12.8 Å². The number of carbonyl (C=O) groups excluding carboxylic acids is 1. The van der Waals surface area contributed by atoms with Crippen molar-refractivity contribution in [3.05, 3.63) is 45.7 Å². The Hall–Kier alpha value is -2.12. The first-order valence-corrected chi connectivity index (χ1v) is 9.29. The summed E-state index contributed by atoms with van der Waals surface area (Å²) in [5.74, 6) is -1.85. The lowest BCUT2D eigenvalue weighted by atomic mass is 10.0. The van der Waals surface area contributed by atoms with E-state index in [1.807, 2.05) is 19.9 Å². The second-order valence-electron chi connectivity index (χ2n) is 5.15. The van der Waals surface area contributed by atoms with E-state index >= 15 is 0 Å². The Balaban J connectivity index is 2.48. The number of hydrogen-bond donors (Lipinski definition) is 2. The third kappa shape index (κ3) is 4.11. The quantitative estimate of drug-likeness (QED) is 0.583. The van der Waals surface area contributed by atoms with Gasteiger partial charge in [0, 0.05) is 16.9 Å². The molecule has 2 aromatic rings. The van der Waals surface area contributed by atoms with Crippen molar-refractivity contribution in [1.82, 2.24) is 9.97 Å². The maximum atomic E-state index is 12.7. The Morgan fingerprint density at radius 2 is 2.00 bits per heavy atom. The van der Waals surface area contributed by atoms with Crippen LogP contribution in [0.1, 0.15) is 45.8 Å². The van der Waals surface area contributed by atoms with E-state index in [0.29, 0.717) is 28.7 Å². The zero-order chi connectivity index (χ0) is 18.6. The summed E-state index contributed by atoms with van der Waals surface area (Å²) in [6.45, 7) is 3.91. The van der Waals surface area contributed by atoms with E-state index < -0.39 is 11.9 Å². The fourth-order valence-corrected chi connectivity index (χ4v) is 3.07. The molecular weight excluding hydrogens is 362 g/mol. The van der Waals surface area contributed by atoms with Crippen molar-refractivity contribution in [2.75, 3.05) is 11.6 Å². The molecular formula is C17H18ClN3O3S. The van der Waals surface area contributed by atoms with Gasteiger partial charge in [-0.3, -0.25) is 4.79 Å². The summed E-state index contributed by atoms with van der Waals surface area (Å²) in [5.41, 5.74) is 1.94. The number of benzene rings is 1. The van der Waals surface area contributed by atoms with Gasteiger partial charge in [-0.05, 0) is 36.3 Å². The van der Waals surface area contributed by atoms with E-state index in [9.17, 15) is 14.7 Å². The molecule has 0 aliphatic carbocycles. The van der Waals surface area contributed by atoms with E-state index in [-0.39, 0.29) is 11.3 Å². The summed E-state index contributed by atoms with van der Waals surface area (Å²) in [4.78, 5) is 32.1. The van der Waals surface area contributed by atoms with Crippen molar-refractivity contribution in [2.24, 2.45) is 0 Å². The van der Waals surface area contributed by atoms with E-state index in [0.717, 1.165) is 11.1 Å². The molecule has 1 aromatic heterocycles. The lowest BCUT2D eigenvalue weighted by Gasteiger charge is -2.16. The number of hydrogen-bond acceptors (Lipinski definition) is 5. The van der Waals surface area contributed by atoms with E-state index in [2.05, 4.69) is 15.3 Å². The number of nitrogens with zero attached hydrogens (tertiary/aromatic N) is 2. The van der Waals surface area contributed by atoms with Crippen LogP contribution in [-0.4, -0.2) is 33.2 Å². The van der Waals surface area contributed by atoms with Crippen LogP contribution in [0.25, 0.3) is 0 Å². The summed E-state index contributed by atoms with van der Waals surface area (Å²) in [6.07, 6.45) is 4.30. The molecule has 1 aromatic carbocycles. The second-order valence-corrected chi connectivity index (χ2v) is 6.33. The van der Waals surface area contributed by atoms with Crippen LogP contribution in [0.3, 0.4) is 0 Å². The Labute approximate surface area is 155 Å². The molecule has 0 saturated heterocycles. The maximum Gasteiger partial charge on any atom is 0.355 e. The largest absolute Gasteiger partial charge is 0.476 e. The standard InChI is InChI=1S/C17H18ClN3O3S/c1-4-9-6-7-12(18)10(5-2)13(9)20-15(22)11-8-19-17(25-3)21-14(11)16(23)24/h6-8H,4-5H2,1-3H3,(H,20,22)(H,23,24). The number of aromatic nitrogens is 2. The van der Waals surface area contributed by atoms with Gasteiger partial charge in [-0.1, -0.05) is 43.3 Å². The highest BCUT2D eigenvalue weighted by Gasteiger charge is 2.22. The number of halogens is 1. The van der Waals surface area contributed by atoms with Crippen LogP contribution in [0.4, 0.5) is 5.69 Å². The third-order valence-electron chi connectivity index (χ3n) is 3.71. The fourth-order valence-electron chi connectivity index (χ4n) is 2.44. The summed E-state index contributed by atoms with van der Waals surface area (Å²) < 4.78 is 0. The molecule has 0 fully saturated rings. The Kier molecular flexibility index (Phi) is 6.39. The van der Waals surface area contributed by atoms with Gasteiger partial charge < -0.3 is 10.4 Å². The number of aryl methyl sites for hydroxylation is 1. The van der Waals surface area contributed by atoms with Gasteiger partial charge in [-0.2, -0.15) is 0 Å². The van der Waals surface area contributed by atoms with Crippen LogP contribution in [0.5, 0.6) is 0 Å². The molecule has 0 saturated carbocycles. The van der Waals surface area contributed by atoms with Gasteiger partial charge in [0.15, 0.2) is 10.9 Å². The van der Waals surface area contributed by atoms with Crippen LogP contribution in [0, 0.1) is 0 Å². The summed E-state index contributed by atoms with van der Waals surface area (Å²) in [6, 6.07) is 3.65. The zero-order valence-corrected chi connectivity index (χ0v) is 15.7. The number of rotatable bonds is 6. The highest BCUT2D eigenvalue weighted by atomic mass is 35.5. The molecule has 0 radical (unpaired) electrons. The van der Waals surface area contributed by atoms with Crippen molar-refractivity contribution in [3.63, 3.8) is 0 Å². The van der Waals surface area contributed by atoms with Crippen molar-refractivity contribution in [3.8, 4) is 0 Å². The monoisotopic (exact) mass is 379 g/mol. The number of nitrogens with one attached hydrogen (secondary N) is 1. The highest BCUT2D eigenvalue weighted by Crippen LogP contribution is 2.30. The number of thioether (sulfide) groups is 1. The molecule has 2 rings (SSSR count). The van der Waals surface area contributed by atoms with Crippen molar-refractivity contribution < 1.29 is 14.7 Å². The number of aromatic carboxylic acids is 1. The molecule has 6 nitrogen and oxygen atoms in total. The first kappa shape index (κ1) is 19.2. The SMILES string of the molecule is CCc1ccc(Cl)c(CC)c1NC(=O)c1cnc(SC)nc1C(=O)O. The van der Waals surface area contributed by atoms with E-state index in [1.165, 1.54) is 18.0 Å². The second kappa shape index (κ2) is 8.31. The minimum absolute atomic E-state index is 0.0885. The minimum Gasteiger partial charge on any atom is -0.476 e. The molecule has 0 aliphatic heterocycles. The topological polar surface area (TPSA) is 92.2 Å². The van der Waals surface area contributed by atoms with Gasteiger partial charge in [-0.25, -0.2) is 14.8 Å². The molecule has 0 unspecified atom stereocenters. The third-order valence-corrected chi connectivity index (χ3v) is 4.63. The molecule has 25 heavy (non-hydrogen) atoms. The molecule has 8 heteroatoms. The number of anilines is 1. The predicted molar refractivity (Wildman–Crippen MR) is 98.9 cm³/mol. The maximum absolute atomic E-state index is 12.7. The first-order valence-electron chi connectivity index (χ1n) is 7.68. The molecule has 0 atom stereocenters. The lowest BCUT2D eigenvalue weighted by molar-refractivity contribution is 0.0684. The summed E-state index contributed by atoms with van der Waals surface area (Å²) in [7, 11) is 0. The van der Waals surface area contributed by atoms with Crippen LogP contribution in [0.2, 0.25) is 5.02 Å². The van der Waals surface area contributed by atoms with Crippen LogP contribution < -0.4 is 5.32 Å². The highest BCUT2D eigenvalue weighted by molar-refractivity contribution is 7.98. The van der Waals surface area contributed by atoms with Gasteiger partial charge in [-0.15, -0.1) is 0 Å². The molecule has 0 spiro atoms. The Bertz CT molecular complexity index is 827. The molecule has 1 heterocycles. The van der Waals surface area contributed by atoms with Crippen molar-refractivity contribution >= 4 is 40.9 Å². The average molecular weight is 380 g/mol. The minimum atomic E-state index is -1.28. The predicted octanol–water partition coefficient (Wildman–Crippen LogP) is 3.93. The van der Waals surface area contributed by atoms with Gasteiger partial charge in [0.25, 0.3) is 5.91 Å². The molecule has 2 N–H and O–H groups in total. The Morgan fingerprint density at radius 3 is 2.56 bits per heavy atom. The molecule has 132 valence electrons. The molecule has 1 amide bonds. The van der Waals surface area contributed by atoms with Gasteiger partial charge in [0.1, 0.15) is 0 Å². The van der Waals surface area contributed by atoms with Gasteiger partial charge in [0.2, 0.25) is 0 Å². The van der Waals surface area contributed by atoms with Gasteiger partial charge >= 0.3 is 5.97 Å². The number of carbonyl (C=O) groups is 2. The Morgan fingerprint density at radius 1 is 1.28 bits per heavy atom. The average Bonchev–Trinajstić information content (AvgIpc) is 2.61. The number of carboxylic acids is 1. The number of amides is 1. The molecule has 0 bridgehead atoms. The van der Waals surface area contributed by atoms with Crippen LogP contribution >= 0.6 is 23.4 Å². The van der Waals surface area contributed by atoms with Crippen LogP contribution in [0.15, 0.2) is 23.5 Å². The van der Waals surface area contributed by atoms with Crippen molar-refractivity contribution in [2.45, 2.75) is 31.8 Å². The molecule has 0 aliphatic rings. The first-order chi connectivity index (χ1) is 11.9. The van der Waals surface area contributed by atoms with E-state index in [1.54, 1.807) is 12.3 Å².